The van der Waals surface area contributed by atoms with Crippen LogP contribution < -0.4 is 9.47 Å². The van der Waals surface area contributed by atoms with Crippen molar-refractivity contribution in [1.29, 1.82) is 0 Å². The minimum absolute atomic E-state index is 0.0132. The molecule has 2 aromatic rings. The molecule has 0 saturated heterocycles. The maximum Gasteiger partial charge on any atom is 0.303 e. The van der Waals surface area contributed by atoms with Gasteiger partial charge in [0, 0.05) is 11.1 Å². The Kier molecular flexibility index (Phi) is 3.45. The maximum absolute atomic E-state index is 11.2. The molecule has 21 heavy (non-hydrogen) atoms. The molecule has 4 nitrogen and oxygen atoms in total. The van der Waals surface area contributed by atoms with Crippen LogP contribution in [-0.2, 0) is 11.2 Å². The van der Waals surface area contributed by atoms with E-state index in [2.05, 4.69) is 0 Å². The zero-order valence-corrected chi connectivity index (χ0v) is 12.2. The van der Waals surface area contributed by atoms with Crippen molar-refractivity contribution in [3.63, 3.8) is 0 Å². The molecule has 1 unspecified atom stereocenters. The van der Waals surface area contributed by atoms with Gasteiger partial charge in [0.1, 0.15) is 11.5 Å². The van der Waals surface area contributed by atoms with Gasteiger partial charge in [-0.2, -0.15) is 0 Å². The van der Waals surface area contributed by atoms with Crippen molar-refractivity contribution in [3.8, 4) is 11.5 Å². The molecule has 2 aromatic carbocycles. The molecular weight excluding hydrogens is 268 g/mol. The van der Waals surface area contributed by atoms with E-state index in [0.29, 0.717) is 0 Å². The van der Waals surface area contributed by atoms with Crippen molar-refractivity contribution in [2.45, 2.75) is 25.2 Å². The van der Waals surface area contributed by atoms with Gasteiger partial charge in [-0.25, -0.2) is 0 Å². The monoisotopic (exact) mass is 286 g/mol. The van der Waals surface area contributed by atoms with Crippen LogP contribution in [0.4, 0.5) is 0 Å². The van der Waals surface area contributed by atoms with Crippen LogP contribution in [0.2, 0.25) is 0 Å². The van der Waals surface area contributed by atoms with Crippen molar-refractivity contribution in [1.82, 2.24) is 0 Å². The van der Waals surface area contributed by atoms with Crippen LogP contribution in [0, 0.1) is 0 Å². The van der Waals surface area contributed by atoms with Crippen molar-refractivity contribution < 1.29 is 19.4 Å². The quantitative estimate of drug-likeness (QED) is 0.936. The fourth-order valence-electron chi connectivity index (χ4n) is 3.38. The maximum atomic E-state index is 11.2. The fourth-order valence-corrected chi connectivity index (χ4v) is 3.38. The Morgan fingerprint density at radius 1 is 1.19 bits per heavy atom. The molecular formula is C17H18O4. The number of ether oxygens (including phenoxy) is 2. The van der Waals surface area contributed by atoms with Crippen LogP contribution >= 0.6 is 0 Å². The summed E-state index contributed by atoms with van der Waals surface area (Å²) in [6.07, 6.45) is 1.76. The average Bonchev–Trinajstić information content (AvgIpc) is 2.49. The molecule has 1 atom stereocenters. The summed E-state index contributed by atoms with van der Waals surface area (Å²) in [5, 5.41) is 11.4. The van der Waals surface area contributed by atoms with Gasteiger partial charge in [0.25, 0.3) is 0 Å². The third kappa shape index (κ3) is 2.20. The summed E-state index contributed by atoms with van der Waals surface area (Å²) in [7, 11) is 3.30. The standard InChI is InChI=1S/C17H18O4/c1-20-13-7-4-10-5-8-14(21-2)17-11(9-15(18)19)3-6-12(13)16(10)17/h4-5,7-8,11H,3,6,9H2,1-2H3,(H,18,19). The van der Waals surface area contributed by atoms with Crippen LogP contribution in [0.3, 0.4) is 0 Å². The summed E-state index contributed by atoms with van der Waals surface area (Å²) in [4.78, 5) is 11.2. The second-order valence-electron chi connectivity index (χ2n) is 5.36. The summed E-state index contributed by atoms with van der Waals surface area (Å²) < 4.78 is 11.0. The first kappa shape index (κ1) is 13.7. The molecule has 3 rings (SSSR count). The first-order valence-electron chi connectivity index (χ1n) is 7.04. The molecule has 110 valence electrons. The van der Waals surface area contributed by atoms with Gasteiger partial charge in [0.15, 0.2) is 0 Å². The van der Waals surface area contributed by atoms with Crippen molar-refractivity contribution in [2.75, 3.05) is 14.2 Å². The fraction of sp³-hybridized carbons (Fsp3) is 0.353. The van der Waals surface area contributed by atoms with E-state index in [1.165, 1.54) is 0 Å². The van der Waals surface area contributed by atoms with E-state index >= 15 is 0 Å². The second kappa shape index (κ2) is 5.28. The molecule has 0 heterocycles. The van der Waals surface area contributed by atoms with Gasteiger partial charge < -0.3 is 14.6 Å². The number of benzene rings is 2. The van der Waals surface area contributed by atoms with Crippen LogP contribution in [0.15, 0.2) is 24.3 Å². The second-order valence-corrected chi connectivity index (χ2v) is 5.36. The number of carboxylic acid groups (broad SMARTS) is 1. The van der Waals surface area contributed by atoms with Gasteiger partial charge in [-0.3, -0.25) is 4.79 Å². The molecule has 0 saturated carbocycles. The number of aliphatic carboxylic acids is 1. The van der Waals surface area contributed by atoms with Gasteiger partial charge in [-0.05, 0) is 41.7 Å². The first-order chi connectivity index (χ1) is 10.2. The van der Waals surface area contributed by atoms with E-state index in [4.69, 9.17) is 14.6 Å². The largest absolute Gasteiger partial charge is 0.496 e. The Morgan fingerprint density at radius 2 is 1.86 bits per heavy atom. The zero-order valence-electron chi connectivity index (χ0n) is 12.2. The SMILES string of the molecule is COc1ccc2ccc(OC)c3c2c1CCC3CC(=O)O. The molecule has 0 amide bonds. The molecule has 0 aliphatic heterocycles. The van der Waals surface area contributed by atoms with Crippen LogP contribution in [0.25, 0.3) is 10.8 Å². The number of aryl methyl sites for hydroxylation is 1. The van der Waals surface area contributed by atoms with E-state index in [-0.39, 0.29) is 12.3 Å². The third-order valence-corrected chi connectivity index (χ3v) is 4.26. The molecule has 1 N–H and O–H groups in total. The van der Waals surface area contributed by atoms with Crippen molar-refractivity contribution in [2.24, 2.45) is 0 Å². The highest BCUT2D eigenvalue weighted by Gasteiger charge is 2.28. The van der Waals surface area contributed by atoms with Crippen LogP contribution in [-0.4, -0.2) is 25.3 Å². The van der Waals surface area contributed by atoms with E-state index < -0.39 is 5.97 Å². The van der Waals surface area contributed by atoms with E-state index in [0.717, 1.165) is 46.2 Å². The molecule has 0 fully saturated rings. The highest BCUT2D eigenvalue weighted by Crippen LogP contribution is 2.46. The Hall–Kier alpha value is -2.23. The lowest BCUT2D eigenvalue weighted by Gasteiger charge is -2.27. The average molecular weight is 286 g/mol. The van der Waals surface area contributed by atoms with E-state index in [1.807, 2.05) is 24.3 Å². The number of methoxy groups -OCH3 is 2. The van der Waals surface area contributed by atoms with E-state index in [1.54, 1.807) is 14.2 Å². The molecule has 1 aliphatic rings. The Labute approximate surface area is 123 Å². The Morgan fingerprint density at radius 3 is 2.48 bits per heavy atom. The van der Waals surface area contributed by atoms with Crippen molar-refractivity contribution in [3.05, 3.63) is 35.4 Å². The predicted octanol–water partition coefficient (Wildman–Crippen LogP) is 3.36. The summed E-state index contributed by atoms with van der Waals surface area (Å²) in [5.41, 5.74) is 2.17. The first-order valence-corrected chi connectivity index (χ1v) is 7.04. The van der Waals surface area contributed by atoms with Gasteiger partial charge >= 0.3 is 5.97 Å². The minimum Gasteiger partial charge on any atom is -0.496 e. The molecule has 0 bridgehead atoms. The molecule has 0 spiro atoms. The van der Waals surface area contributed by atoms with Gasteiger partial charge in [0.05, 0.1) is 20.6 Å². The third-order valence-electron chi connectivity index (χ3n) is 4.26. The molecule has 0 aromatic heterocycles. The number of hydrogen-bond acceptors (Lipinski definition) is 3. The zero-order chi connectivity index (χ0) is 15.0. The lowest BCUT2D eigenvalue weighted by molar-refractivity contribution is -0.137. The summed E-state index contributed by atoms with van der Waals surface area (Å²) >= 11 is 0. The highest BCUT2D eigenvalue weighted by atomic mass is 16.5. The highest BCUT2D eigenvalue weighted by molar-refractivity contribution is 5.94. The number of carboxylic acids is 1. The molecule has 0 radical (unpaired) electrons. The molecule has 1 aliphatic carbocycles. The smallest absolute Gasteiger partial charge is 0.303 e. The van der Waals surface area contributed by atoms with Crippen LogP contribution in [0.5, 0.6) is 11.5 Å². The lowest BCUT2D eigenvalue weighted by atomic mass is 9.79. The molecule has 4 heteroatoms. The van der Waals surface area contributed by atoms with E-state index in [9.17, 15) is 4.79 Å². The van der Waals surface area contributed by atoms with Gasteiger partial charge in [0.2, 0.25) is 0 Å². The summed E-state index contributed by atoms with van der Waals surface area (Å²) in [6, 6.07) is 7.94. The summed E-state index contributed by atoms with van der Waals surface area (Å²) in [6.45, 7) is 0. The number of carbonyl (C=O) groups is 1. The number of rotatable bonds is 4. The Balaban J connectivity index is 2.30. The number of hydrogen-bond donors (Lipinski definition) is 1. The van der Waals surface area contributed by atoms with Crippen molar-refractivity contribution >= 4 is 16.7 Å². The Bertz CT molecular complexity index is 700. The summed E-state index contributed by atoms with van der Waals surface area (Å²) in [5.74, 6) is 0.847. The normalized spacial score (nSPS) is 16.8. The lowest BCUT2D eigenvalue weighted by Crippen LogP contribution is -2.14. The van der Waals surface area contributed by atoms with Crippen LogP contribution in [0.1, 0.15) is 29.9 Å². The van der Waals surface area contributed by atoms with Gasteiger partial charge in [-0.15, -0.1) is 0 Å². The van der Waals surface area contributed by atoms with Gasteiger partial charge in [-0.1, -0.05) is 12.1 Å². The topological polar surface area (TPSA) is 55.8 Å². The minimum atomic E-state index is -0.773. The predicted molar refractivity (Wildman–Crippen MR) is 80.4 cm³/mol.